The van der Waals surface area contributed by atoms with Crippen LogP contribution in [0.3, 0.4) is 0 Å². The van der Waals surface area contributed by atoms with Crippen LogP contribution in [0, 0.1) is 0 Å². The van der Waals surface area contributed by atoms with Crippen molar-refractivity contribution in [3.63, 3.8) is 0 Å². The number of nitrogens with zero attached hydrogens (tertiary/aromatic N) is 2. The Morgan fingerprint density at radius 3 is 2.22 bits per heavy atom. The topological polar surface area (TPSA) is 72.3 Å². The van der Waals surface area contributed by atoms with Gasteiger partial charge in [0, 0.05) is 11.6 Å². The highest BCUT2D eigenvalue weighted by molar-refractivity contribution is 8.15. The Kier molecular flexibility index (Phi) is 6.04. The number of hydrogen-bond donors (Lipinski definition) is 1. The fourth-order valence-corrected chi connectivity index (χ4v) is 2.51. The number of amidine groups is 1. The summed E-state index contributed by atoms with van der Waals surface area (Å²) in [6.07, 6.45) is 1.75. The predicted octanol–water partition coefficient (Wildman–Crippen LogP) is 2.81. The molecule has 1 saturated heterocycles. The summed E-state index contributed by atoms with van der Waals surface area (Å²) in [5.41, 5.74) is 0.817. The minimum atomic E-state index is -0.0519. The second-order valence-corrected chi connectivity index (χ2v) is 6.52. The zero-order valence-electron chi connectivity index (χ0n) is 13.7. The smallest absolute Gasteiger partial charge is 0.236 e. The van der Waals surface area contributed by atoms with Crippen molar-refractivity contribution in [1.29, 1.82) is 0 Å². The molecule has 0 radical (unpaired) electrons. The molecule has 0 unspecified atom stereocenters. The second kappa shape index (κ2) is 8.01. The average molecular weight is 335 g/mol. The fourth-order valence-electron chi connectivity index (χ4n) is 1.88. The van der Waals surface area contributed by atoms with E-state index in [0.29, 0.717) is 10.9 Å². The number of rotatable bonds is 6. The van der Waals surface area contributed by atoms with E-state index in [1.807, 2.05) is 45.9 Å². The number of thioether (sulfide) groups is 1. The summed E-state index contributed by atoms with van der Waals surface area (Å²) in [4.78, 5) is 11.1. The first kappa shape index (κ1) is 17.3. The number of amides is 1. The van der Waals surface area contributed by atoms with Gasteiger partial charge in [0.1, 0.15) is 11.5 Å². The summed E-state index contributed by atoms with van der Waals surface area (Å²) in [6.45, 7) is 7.87. The normalized spacial score (nSPS) is 16.6. The predicted molar refractivity (Wildman–Crippen MR) is 93.6 cm³/mol. The van der Waals surface area contributed by atoms with Crippen molar-refractivity contribution in [1.82, 2.24) is 5.32 Å². The van der Waals surface area contributed by atoms with Crippen LogP contribution in [0.2, 0.25) is 0 Å². The van der Waals surface area contributed by atoms with Crippen LogP contribution in [0.1, 0.15) is 33.3 Å². The molecule has 1 aliphatic heterocycles. The fraction of sp³-hybridized carbons (Fsp3) is 0.438. The van der Waals surface area contributed by atoms with Crippen LogP contribution in [-0.2, 0) is 4.79 Å². The van der Waals surface area contributed by atoms with Crippen molar-refractivity contribution < 1.29 is 14.3 Å². The highest BCUT2D eigenvalue weighted by Gasteiger charge is 2.15. The zero-order valence-corrected chi connectivity index (χ0v) is 14.5. The molecule has 0 bridgehead atoms. The average Bonchev–Trinajstić information content (AvgIpc) is 2.82. The quantitative estimate of drug-likeness (QED) is 0.641. The Morgan fingerprint density at radius 2 is 1.74 bits per heavy atom. The van der Waals surface area contributed by atoms with Gasteiger partial charge in [-0.2, -0.15) is 5.10 Å². The van der Waals surface area contributed by atoms with Gasteiger partial charge in [0.05, 0.1) is 24.2 Å². The van der Waals surface area contributed by atoms with E-state index in [4.69, 9.17) is 9.47 Å². The first-order valence-corrected chi connectivity index (χ1v) is 8.43. The summed E-state index contributed by atoms with van der Waals surface area (Å²) < 4.78 is 11.5. The molecule has 1 aliphatic rings. The second-order valence-electron chi connectivity index (χ2n) is 5.56. The van der Waals surface area contributed by atoms with Crippen molar-refractivity contribution in [2.75, 3.05) is 5.75 Å². The van der Waals surface area contributed by atoms with Crippen molar-refractivity contribution in [2.45, 2.75) is 39.9 Å². The lowest BCUT2D eigenvalue weighted by molar-refractivity contribution is -0.116. The Hall–Kier alpha value is -2.02. The third kappa shape index (κ3) is 5.94. The van der Waals surface area contributed by atoms with E-state index < -0.39 is 0 Å². The molecule has 0 aromatic heterocycles. The zero-order chi connectivity index (χ0) is 16.8. The van der Waals surface area contributed by atoms with Gasteiger partial charge in [0.25, 0.3) is 0 Å². The molecule has 1 fully saturated rings. The standard InChI is InChI=1S/C16H21N3O3S/c1-10(2)21-13-5-12(6-14(7-13)22-11(3)4)8-17-19-16-18-15(20)9-23-16/h5-8,10-11H,9H2,1-4H3,(H,18,19,20). The van der Waals surface area contributed by atoms with E-state index >= 15 is 0 Å². The molecule has 1 aromatic carbocycles. The SMILES string of the molecule is CC(C)Oc1cc(C=NN=C2NC(=O)CS2)cc(OC(C)C)c1. The highest BCUT2D eigenvalue weighted by atomic mass is 32.2. The third-order valence-electron chi connectivity index (χ3n) is 2.59. The molecule has 1 N–H and O–H groups in total. The first-order valence-electron chi connectivity index (χ1n) is 7.44. The number of ether oxygens (including phenoxy) is 2. The van der Waals surface area contributed by atoms with Crippen LogP contribution in [0.4, 0.5) is 0 Å². The first-order chi connectivity index (χ1) is 10.9. The van der Waals surface area contributed by atoms with E-state index in [9.17, 15) is 4.79 Å². The van der Waals surface area contributed by atoms with E-state index in [-0.39, 0.29) is 18.1 Å². The third-order valence-corrected chi connectivity index (χ3v) is 3.45. The molecule has 0 aliphatic carbocycles. The Morgan fingerprint density at radius 1 is 1.13 bits per heavy atom. The maximum Gasteiger partial charge on any atom is 0.236 e. The summed E-state index contributed by atoms with van der Waals surface area (Å²) >= 11 is 1.33. The Bertz CT molecular complexity index is 599. The van der Waals surface area contributed by atoms with Gasteiger partial charge in [-0.05, 0) is 39.8 Å². The van der Waals surface area contributed by atoms with Crippen molar-refractivity contribution in [3.05, 3.63) is 23.8 Å². The molecule has 6 nitrogen and oxygen atoms in total. The van der Waals surface area contributed by atoms with Gasteiger partial charge in [-0.25, -0.2) is 0 Å². The molecule has 7 heteroatoms. The van der Waals surface area contributed by atoms with E-state index in [0.717, 1.165) is 17.1 Å². The molecule has 2 rings (SSSR count). The maximum absolute atomic E-state index is 11.1. The highest BCUT2D eigenvalue weighted by Crippen LogP contribution is 2.24. The van der Waals surface area contributed by atoms with Crippen LogP contribution in [-0.4, -0.2) is 35.3 Å². The molecule has 0 saturated carbocycles. The van der Waals surface area contributed by atoms with Gasteiger partial charge in [-0.15, -0.1) is 5.10 Å². The molecule has 0 atom stereocenters. The van der Waals surface area contributed by atoms with Gasteiger partial charge in [-0.1, -0.05) is 11.8 Å². The Balaban J connectivity index is 2.16. The lowest BCUT2D eigenvalue weighted by atomic mass is 10.2. The number of carbonyl (C=O) groups excluding carboxylic acids is 1. The molecule has 1 amide bonds. The van der Waals surface area contributed by atoms with Crippen LogP contribution in [0.15, 0.2) is 28.4 Å². The van der Waals surface area contributed by atoms with Crippen molar-refractivity contribution in [2.24, 2.45) is 10.2 Å². The number of benzene rings is 1. The van der Waals surface area contributed by atoms with Crippen LogP contribution in [0.5, 0.6) is 11.5 Å². The Labute approximate surface area is 140 Å². The van der Waals surface area contributed by atoms with E-state index in [1.54, 1.807) is 6.21 Å². The maximum atomic E-state index is 11.1. The lowest BCUT2D eigenvalue weighted by Gasteiger charge is -2.14. The van der Waals surface area contributed by atoms with E-state index in [2.05, 4.69) is 15.5 Å². The van der Waals surface area contributed by atoms with Gasteiger partial charge < -0.3 is 14.8 Å². The van der Waals surface area contributed by atoms with Gasteiger partial charge >= 0.3 is 0 Å². The van der Waals surface area contributed by atoms with Crippen molar-refractivity contribution >= 4 is 29.1 Å². The molecule has 23 heavy (non-hydrogen) atoms. The van der Waals surface area contributed by atoms with Gasteiger partial charge in [-0.3, -0.25) is 4.79 Å². The minimum Gasteiger partial charge on any atom is -0.491 e. The number of carbonyl (C=O) groups is 1. The molecular formula is C16H21N3O3S. The minimum absolute atomic E-state index is 0.0519. The largest absolute Gasteiger partial charge is 0.491 e. The monoisotopic (exact) mass is 335 g/mol. The van der Waals surface area contributed by atoms with Gasteiger partial charge in [0.15, 0.2) is 5.17 Å². The molecule has 1 heterocycles. The number of hydrogen-bond acceptors (Lipinski definition) is 6. The summed E-state index contributed by atoms with van der Waals surface area (Å²) in [5.74, 6) is 1.77. The lowest BCUT2D eigenvalue weighted by Crippen LogP contribution is -2.19. The van der Waals surface area contributed by atoms with E-state index in [1.165, 1.54) is 11.8 Å². The van der Waals surface area contributed by atoms with Crippen LogP contribution >= 0.6 is 11.8 Å². The van der Waals surface area contributed by atoms with Crippen molar-refractivity contribution in [3.8, 4) is 11.5 Å². The summed E-state index contributed by atoms with van der Waals surface area (Å²) in [5, 5.41) is 11.1. The molecule has 1 aromatic rings. The summed E-state index contributed by atoms with van der Waals surface area (Å²) in [6, 6.07) is 5.60. The molecular weight excluding hydrogens is 314 g/mol. The van der Waals surface area contributed by atoms with Crippen LogP contribution in [0.25, 0.3) is 0 Å². The molecule has 124 valence electrons. The van der Waals surface area contributed by atoms with Crippen LogP contribution < -0.4 is 14.8 Å². The summed E-state index contributed by atoms with van der Waals surface area (Å²) in [7, 11) is 0. The molecule has 0 spiro atoms. The van der Waals surface area contributed by atoms with Gasteiger partial charge in [0.2, 0.25) is 5.91 Å². The number of nitrogens with one attached hydrogen (secondary N) is 1.